The third kappa shape index (κ3) is 11.3. The van der Waals surface area contributed by atoms with Crippen molar-refractivity contribution in [3.63, 3.8) is 0 Å². The summed E-state index contributed by atoms with van der Waals surface area (Å²) in [5.74, 6) is -0.0378. The zero-order valence-electron chi connectivity index (χ0n) is 24.9. The lowest BCUT2D eigenvalue weighted by atomic mass is 10.0. The Morgan fingerprint density at radius 3 is 2.17 bits per heavy atom. The largest absolute Gasteiger partial charge is 0.489 e. The number of nitrogens with two attached hydrogens (primary N) is 1. The van der Waals surface area contributed by atoms with Gasteiger partial charge in [-0.15, -0.1) is 0 Å². The highest BCUT2D eigenvalue weighted by molar-refractivity contribution is 5.92. The Balaban J connectivity index is 1.69. The normalized spacial score (nSPS) is 15.7. The third-order valence-corrected chi connectivity index (χ3v) is 7.24. The van der Waals surface area contributed by atoms with Gasteiger partial charge in [0.1, 0.15) is 24.4 Å². The van der Waals surface area contributed by atoms with Crippen LogP contribution in [0.15, 0.2) is 54.6 Å². The van der Waals surface area contributed by atoms with Crippen LogP contribution in [0.25, 0.3) is 0 Å². The summed E-state index contributed by atoms with van der Waals surface area (Å²) >= 11 is 0. The Bertz CT molecular complexity index is 1100. The molecule has 10 nitrogen and oxygen atoms in total. The molecule has 10 heteroatoms. The van der Waals surface area contributed by atoms with Gasteiger partial charge in [-0.3, -0.25) is 9.59 Å². The van der Waals surface area contributed by atoms with Crippen molar-refractivity contribution in [1.82, 2.24) is 20.9 Å². The van der Waals surface area contributed by atoms with Crippen LogP contribution < -0.4 is 26.4 Å². The standard InChI is InChI=1S/C32H47N5O5/c1-23(2)18-28(36-32(41)37-16-8-3-4-9-17-37)31(40)35-29(30(39)34-21-26(38)20-33)19-24-12-14-27(15-13-24)42-22-25-10-6-5-7-11-25/h5-7,10-15,23,26,28-29,38H,3-4,8-9,16-22,33H2,1-2H3,(H,34,39)(H,35,40)(H,36,41)/t26-,28-,29?/m0/s1. The Morgan fingerprint density at radius 2 is 1.55 bits per heavy atom. The van der Waals surface area contributed by atoms with Gasteiger partial charge in [-0.05, 0) is 48.4 Å². The molecular formula is C32H47N5O5. The summed E-state index contributed by atoms with van der Waals surface area (Å²) in [6, 6.07) is 15.2. The zero-order valence-corrected chi connectivity index (χ0v) is 24.9. The smallest absolute Gasteiger partial charge is 0.318 e. The molecule has 1 aliphatic heterocycles. The summed E-state index contributed by atoms with van der Waals surface area (Å²) in [4.78, 5) is 41.5. The van der Waals surface area contributed by atoms with Crippen molar-refractivity contribution < 1.29 is 24.2 Å². The third-order valence-electron chi connectivity index (χ3n) is 7.24. The van der Waals surface area contributed by atoms with E-state index in [9.17, 15) is 19.5 Å². The molecule has 1 heterocycles. The first kappa shape index (κ1) is 32.9. The number of rotatable bonds is 14. The van der Waals surface area contributed by atoms with Gasteiger partial charge in [-0.2, -0.15) is 0 Å². The summed E-state index contributed by atoms with van der Waals surface area (Å²) < 4.78 is 5.87. The van der Waals surface area contributed by atoms with Crippen molar-refractivity contribution in [2.75, 3.05) is 26.2 Å². The molecule has 230 valence electrons. The van der Waals surface area contributed by atoms with Gasteiger partial charge in [-0.1, -0.05) is 69.2 Å². The van der Waals surface area contributed by atoms with Crippen LogP contribution in [0.2, 0.25) is 0 Å². The van der Waals surface area contributed by atoms with Crippen molar-refractivity contribution in [2.24, 2.45) is 11.7 Å². The maximum absolute atomic E-state index is 13.5. The highest BCUT2D eigenvalue weighted by Crippen LogP contribution is 2.16. The summed E-state index contributed by atoms with van der Waals surface area (Å²) in [6.45, 7) is 5.71. The van der Waals surface area contributed by atoms with Gasteiger partial charge in [0, 0.05) is 32.6 Å². The summed E-state index contributed by atoms with van der Waals surface area (Å²) in [5.41, 5.74) is 7.36. The van der Waals surface area contributed by atoms with Crippen LogP contribution in [0.1, 0.15) is 57.1 Å². The molecule has 0 bridgehead atoms. The molecule has 1 fully saturated rings. The van der Waals surface area contributed by atoms with E-state index >= 15 is 0 Å². The molecule has 2 aromatic carbocycles. The fraction of sp³-hybridized carbons (Fsp3) is 0.531. The van der Waals surface area contributed by atoms with Crippen LogP contribution in [-0.2, 0) is 22.6 Å². The topological polar surface area (TPSA) is 146 Å². The van der Waals surface area contributed by atoms with E-state index in [-0.39, 0.29) is 31.5 Å². The molecule has 1 saturated heterocycles. The fourth-order valence-electron chi connectivity index (χ4n) is 4.82. The van der Waals surface area contributed by atoms with Crippen molar-refractivity contribution in [3.05, 3.63) is 65.7 Å². The summed E-state index contributed by atoms with van der Waals surface area (Å²) in [7, 11) is 0. The minimum absolute atomic E-state index is 0.000738. The van der Waals surface area contributed by atoms with E-state index in [1.807, 2.05) is 68.4 Å². The molecule has 0 aliphatic carbocycles. The van der Waals surface area contributed by atoms with Crippen molar-refractivity contribution in [1.29, 1.82) is 0 Å². The second-order valence-electron chi connectivity index (χ2n) is 11.4. The minimum Gasteiger partial charge on any atom is -0.489 e. The van der Waals surface area contributed by atoms with Crippen LogP contribution >= 0.6 is 0 Å². The lowest BCUT2D eigenvalue weighted by Crippen LogP contribution is -2.57. The molecule has 1 unspecified atom stereocenters. The first-order chi connectivity index (χ1) is 20.2. The average molecular weight is 582 g/mol. The number of aliphatic hydroxyl groups is 1. The van der Waals surface area contributed by atoms with Crippen molar-refractivity contribution >= 4 is 17.8 Å². The molecule has 42 heavy (non-hydrogen) atoms. The van der Waals surface area contributed by atoms with E-state index in [0.29, 0.717) is 31.9 Å². The van der Waals surface area contributed by atoms with Crippen LogP contribution in [0, 0.1) is 5.92 Å². The SMILES string of the molecule is CC(C)C[C@H](NC(=O)N1CCCCCC1)C(=O)NC(Cc1ccc(OCc2ccccc2)cc1)C(=O)NC[C@@H](O)CN. The van der Waals surface area contributed by atoms with Crippen LogP contribution in [0.5, 0.6) is 5.75 Å². The molecule has 0 aromatic heterocycles. The molecule has 0 saturated carbocycles. The van der Waals surface area contributed by atoms with E-state index in [4.69, 9.17) is 10.5 Å². The lowest BCUT2D eigenvalue weighted by Gasteiger charge is -2.27. The summed E-state index contributed by atoms with van der Waals surface area (Å²) in [5, 5.41) is 18.3. The highest BCUT2D eigenvalue weighted by Gasteiger charge is 2.29. The number of hydrogen-bond donors (Lipinski definition) is 5. The molecular weight excluding hydrogens is 534 g/mol. The molecule has 4 amide bonds. The maximum Gasteiger partial charge on any atom is 0.318 e. The van der Waals surface area contributed by atoms with Crippen molar-refractivity contribution in [2.45, 2.75) is 77.2 Å². The first-order valence-corrected chi connectivity index (χ1v) is 15.0. The number of nitrogens with one attached hydrogen (secondary N) is 3. The lowest BCUT2D eigenvalue weighted by molar-refractivity contribution is -0.130. The van der Waals surface area contributed by atoms with Crippen LogP contribution in [0.3, 0.4) is 0 Å². The second kappa shape index (κ2) is 17.4. The summed E-state index contributed by atoms with van der Waals surface area (Å²) in [6.07, 6.45) is 3.82. The fourth-order valence-corrected chi connectivity index (χ4v) is 4.82. The van der Waals surface area contributed by atoms with E-state index < -0.39 is 30.0 Å². The number of amides is 4. The Morgan fingerprint density at radius 1 is 0.881 bits per heavy atom. The number of likely N-dealkylation sites (tertiary alicyclic amines) is 1. The first-order valence-electron chi connectivity index (χ1n) is 15.0. The van der Waals surface area contributed by atoms with Gasteiger partial charge in [-0.25, -0.2) is 4.79 Å². The Labute approximate surface area is 249 Å². The van der Waals surface area contributed by atoms with E-state index in [1.165, 1.54) is 0 Å². The predicted octanol–water partition coefficient (Wildman–Crippen LogP) is 2.73. The number of urea groups is 1. The second-order valence-corrected chi connectivity index (χ2v) is 11.4. The van der Waals surface area contributed by atoms with Gasteiger partial charge < -0.3 is 36.4 Å². The average Bonchev–Trinajstić information content (AvgIpc) is 3.29. The molecule has 0 radical (unpaired) electrons. The number of ether oxygens (including phenoxy) is 1. The van der Waals surface area contributed by atoms with Gasteiger partial charge in [0.05, 0.1) is 6.10 Å². The number of carbonyl (C=O) groups is 3. The van der Waals surface area contributed by atoms with Crippen molar-refractivity contribution in [3.8, 4) is 5.75 Å². The number of hydrogen-bond acceptors (Lipinski definition) is 6. The minimum atomic E-state index is -0.927. The van der Waals surface area contributed by atoms with E-state index in [0.717, 1.165) is 36.8 Å². The highest BCUT2D eigenvalue weighted by atomic mass is 16.5. The number of aliphatic hydroxyl groups excluding tert-OH is 1. The molecule has 3 rings (SSSR count). The van der Waals surface area contributed by atoms with E-state index in [1.54, 1.807) is 4.90 Å². The molecule has 0 spiro atoms. The van der Waals surface area contributed by atoms with Gasteiger partial charge in [0.15, 0.2) is 0 Å². The Kier molecular flexibility index (Phi) is 13.6. The molecule has 1 aliphatic rings. The van der Waals surface area contributed by atoms with Crippen LogP contribution in [-0.4, -0.2) is 72.2 Å². The van der Waals surface area contributed by atoms with Gasteiger partial charge >= 0.3 is 6.03 Å². The quantitative estimate of drug-likeness (QED) is 0.232. The number of nitrogens with zero attached hydrogens (tertiary/aromatic N) is 1. The van der Waals surface area contributed by atoms with E-state index in [2.05, 4.69) is 16.0 Å². The number of carbonyl (C=O) groups excluding carboxylic acids is 3. The molecule has 3 atom stereocenters. The monoisotopic (exact) mass is 581 g/mol. The maximum atomic E-state index is 13.5. The van der Waals surface area contributed by atoms with Crippen LogP contribution in [0.4, 0.5) is 4.79 Å². The predicted molar refractivity (Wildman–Crippen MR) is 163 cm³/mol. The van der Waals surface area contributed by atoms with Gasteiger partial charge in [0.2, 0.25) is 11.8 Å². The number of benzene rings is 2. The molecule has 2 aromatic rings. The van der Waals surface area contributed by atoms with Gasteiger partial charge in [0.25, 0.3) is 0 Å². The molecule has 6 N–H and O–H groups in total. The zero-order chi connectivity index (χ0) is 30.3. The Hall–Kier alpha value is -3.63.